The summed E-state index contributed by atoms with van der Waals surface area (Å²) in [5.74, 6) is 0. The summed E-state index contributed by atoms with van der Waals surface area (Å²) in [5, 5.41) is 15.2. The van der Waals surface area contributed by atoms with Crippen molar-refractivity contribution in [1.82, 2.24) is 20.5 Å². The standard InChI is InChI=1S/C22H17N5OS/c28-22(24-12-14-5-7-23-8-6-14)26-17-9-16-13-25-27-21(16)18(11-17)20-10-15-3-1-2-4-19(15)29-20/h1-11,13H,12H2,(H,25,27)(H2,24,26,28). The lowest BCUT2D eigenvalue weighted by Crippen LogP contribution is -2.28. The van der Waals surface area contributed by atoms with Crippen LogP contribution in [-0.2, 0) is 6.54 Å². The summed E-state index contributed by atoms with van der Waals surface area (Å²) in [6, 6.07) is 17.9. The molecule has 5 aromatic rings. The van der Waals surface area contributed by atoms with Gasteiger partial charge in [0, 0.05) is 45.2 Å². The van der Waals surface area contributed by atoms with Gasteiger partial charge in [-0.2, -0.15) is 5.10 Å². The molecule has 5 rings (SSSR count). The van der Waals surface area contributed by atoms with Gasteiger partial charge >= 0.3 is 6.03 Å². The summed E-state index contributed by atoms with van der Waals surface area (Å²) < 4.78 is 1.23. The Bertz CT molecular complexity index is 1280. The van der Waals surface area contributed by atoms with Crippen molar-refractivity contribution < 1.29 is 4.79 Å². The van der Waals surface area contributed by atoms with Crippen molar-refractivity contribution in [3.05, 3.63) is 78.8 Å². The number of hydrogen-bond acceptors (Lipinski definition) is 4. The van der Waals surface area contributed by atoms with Crippen molar-refractivity contribution in [2.24, 2.45) is 0 Å². The van der Waals surface area contributed by atoms with Gasteiger partial charge in [0.2, 0.25) is 0 Å². The second kappa shape index (κ2) is 7.37. The van der Waals surface area contributed by atoms with Gasteiger partial charge in [-0.05, 0) is 47.3 Å². The fourth-order valence-electron chi connectivity index (χ4n) is 3.30. The molecule has 3 N–H and O–H groups in total. The van der Waals surface area contributed by atoms with E-state index in [4.69, 9.17) is 0 Å². The first-order chi connectivity index (χ1) is 14.3. The van der Waals surface area contributed by atoms with Crippen molar-refractivity contribution in [3.63, 3.8) is 0 Å². The number of anilines is 1. The third kappa shape index (κ3) is 3.55. The van der Waals surface area contributed by atoms with E-state index in [2.05, 4.69) is 44.0 Å². The van der Waals surface area contributed by atoms with Gasteiger partial charge in [0.1, 0.15) is 0 Å². The zero-order valence-electron chi connectivity index (χ0n) is 15.3. The van der Waals surface area contributed by atoms with E-state index in [0.29, 0.717) is 6.54 Å². The maximum atomic E-state index is 12.4. The fourth-order valence-corrected chi connectivity index (χ4v) is 4.38. The van der Waals surface area contributed by atoms with E-state index in [9.17, 15) is 4.79 Å². The number of pyridine rings is 1. The number of rotatable bonds is 4. The molecular formula is C22H17N5OS. The predicted molar refractivity (Wildman–Crippen MR) is 117 cm³/mol. The number of aromatic nitrogens is 3. The van der Waals surface area contributed by atoms with Crippen LogP contribution in [0.2, 0.25) is 0 Å². The second-order valence-electron chi connectivity index (χ2n) is 6.67. The number of urea groups is 1. The molecule has 0 spiro atoms. The van der Waals surface area contributed by atoms with Crippen LogP contribution in [0.1, 0.15) is 5.56 Å². The summed E-state index contributed by atoms with van der Waals surface area (Å²) in [6.45, 7) is 0.436. The molecule has 0 aliphatic rings. The van der Waals surface area contributed by atoms with Gasteiger partial charge in [0.05, 0.1) is 11.7 Å². The van der Waals surface area contributed by atoms with Crippen LogP contribution in [0.3, 0.4) is 0 Å². The van der Waals surface area contributed by atoms with Crippen LogP contribution in [0.4, 0.5) is 10.5 Å². The van der Waals surface area contributed by atoms with Crippen molar-refractivity contribution in [3.8, 4) is 10.4 Å². The highest BCUT2D eigenvalue weighted by Gasteiger charge is 2.12. The lowest BCUT2D eigenvalue weighted by molar-refractivity contribution is 0.251. The van der Waals surface area contributed by atoms with E-state index in [-0.39, 0.29) is 6.03 Å². The Morgan fingerprint density at radius 1 is 1.03 bits per heavy atom. The largest absolute Gasteiger partial charge is 0.334 e. The normalized spacial score (nSPS) is 11.0. The van der Waals surface area contributed by atoms with Crippen molar-refractivity contribution in [2.45, 2.75) is 6.54 Å². The van der Waals surface area contributed by atoms with E-state index in [0.717, 1.165) is 32.6 Å². The van der Waals surface area contributed by atoms with Crippen molar-refractivity contribution in [2.75, 3.05) is 5.32 Å². The van der Waals surface area contributed by atoms with E-state index in [1.807, 2.05) is 36.4 Å². The maximum absolute atomic E-state index is 12.4. The van der Waals surface area contributed by atoms with Gasteiger partial charge in [-0.15, -0.1) is 11.3 Å². The molecule has 7 heteroatoms. The SMILES string of the molecule is O=C(NCc1ccncc1)Nc1cc(-c2cc3ccccc3s2)c2[nH]ncc2c1. The average Bonchev–Trinajstić information content (AvgIpc) is 3.39. The summed E-state index contributed by atoms with van der Waals surface area (Å²) in [6.07, 6.45) is 5.18. The Labute approximate surface area is 170 Å². The molecule has 6 nitrogen and oxygen atoms in total. The molecular weight excluding hydrogens is 382 g/mol. The highest BCUT2D eigenvalue weighted by Crippen LogP contribution is 2.38. The molecule has 0 aliphatic heterocycles. The smallest absolute Gasteiger partial charge is 0.319 e. The van der Waals surface area contributed by atoms with Gasteiger partial charge in [0.25, 0.3) is 0 Å². The number of carbonyl (C=O) groups is 1. The molecule has 2 amide bonds. The molecule has 0 saturated carbocycles. The molecule has 0 atom stereocenters. The number of H-pyrrole nitrogens is 1. The monoisotopic (exact) mass is 399 g/mol. The Balaban J connectivity index is 1.43. The molecule has 0 saturated heterocycles. The van der Waals surface area contributed by atoms with Gasteiger partial charge in [-0.1, -0.05) is 18.2 Å². The number of nitrogens with one attached hydrogen (secondary N) is 3. The van der Waals surface area contributed by atoms with E-state index < -0.39 is 0 Å². The van der Waals surface area contributed by atoms with E-state index >= 15 is 0 Å². The minimum absolute atomic E-state index is 0.257. The number of carbonyl (C=O) groups excluding carboxylic acids is 1. The number of amides is 2. The predicted octanol–water partition coefficient (Wildman–Crippen LogP) is 5.16. The molecule has 2 aromatic carbocycles. The van der Waals surface area contributed by atoms with Crippen molar-refractivity contribution in [1.29, 1.82) is 0 Å². The lowest BCUT2D eigenvalue weighted by Gasteiger charge is -2.10. The highest BCUT2D eigenvalue weighted by atomic mass is 32.1. The molecule has 29 heavy (non-hydrogen) atoms. The minimum Gasteiger partial charge on any atom is -0.334 e. The summed E-state index contributed by atoms with van der Waals surface area (Å²) >= 11 is 1.72. The summed E-state index contributed by atoms with van der Waals surface area (Å²) in [4.78, 5) is 17.5. The van der Waals surface area contributed by atoms with E-state index in [1.54, 1.807) is 29.9 Å². The first-order valence-electron chi connectivity index (χ1n) is 9.16. The highest BCUT2D eigenvalue weighted by molar-refractivity contribution is 7.22. The first kappa shape index (κ1) is 17.4. The Hall–Kier alpha value is -3.71. The fraction of sp³-hybridized carbons (Fsp3) is 0.0455. The molecule has 0 radical (unpaired) electrons. The topological polar surface area (TPSA) is 82.7 Å². The quantitative estimate of drug-likeness (QED) is 0.390. The van der Waals surface area contributed by atoms with Crippen LogP contribution >= 0.6 is 11.3 Å². The average molecular weight is 399 g/mol. The van der Waals surface area contributed by atoms with Crippen LogP contribution in [0, 0.1) is 0 Å². The molecule has 3 aromatic heterocycles. The van der Waals surface area contributed by atoms with Crippen molar-refractivity contribution >= 4 is 44.0 Å². The maximum Gasteiger partial charge on any atom is 0.319 e. The van der Waals surface area contributed by atoms with Gasteiger partial charge in [0.15, 0.2) is 0 Å². The van der Waals surface area contributed by atoms with Crippen LogP contribution in [0.5, 0.6) is 0 Å². The van der Waals surface area contributed by atoms with Crippen LogP contribution in [-0.4, -0.2) is 21.2 Å². The summed E-state index contributed by atoms with van der Waals surface area (Å²) in [5.41, 5.74) is 3.69. The van der Waals surface area contributed by atoms with Gasteiger partial charge < -0.3 is 10.6 Å². The number of thiophene rings is 1. The third-order valence-electron chi connectivity index (χ3n) is 4.70. The van der Waals surface area contributed by atoms with Crippen LogP contribution < -0.4 is 10.6 Å². The molecule has 142 valence electrons. The first-order valence-corrected chi connectivity index (χ1v) is 9.98. The molecule has 0 fully saturated rings. The Morgan fingerprint density at radius 2 is 1.90 bits per heavy atom. The molecule has 0 aliphatic carbocycles. The van der Waals surface area contributed by atoms with Gasteiger partial charge in [-0.3, -0.25) is 10.1 Å². The molecule has 0 unspecified atom stereocenters. The Kier molecular flexibility index (Phi) is 4.42. The zero-order valence-corrected chi connectivity index (χ0v) is 16.2. The van der Waals surface area contributed by atoms with Crippen LogP contribution in [0.15, 0.2) is 73.2 Å². The molecule has 3 heterocycles. The number of aromatic amines is 1. The second-order valence-corrected chi connectivity index (χ2v) is 7.75. The van der Waals surface area contributed by atoms with E-state index in [1.165, 1.54) is 10.1 Å². The summed E-state index contributed by atoms with van der Waals surface area (Å²) in [7, 11) is 0. The van der Waals surface area contributed by atoms with Crippen LogP contribution in [0.25, 0.3) is 31.4 Å². The zero-order chi connectivity index (χ0) is 19.6. The Morgan fingerprint density at radius 3 is 2.76 bits per heavy atom. The number of nitrogens with zero attached hydrogens (tertiary/aromatic N) is 2. The number of fused-ring (bicyclic) bond motifs is 2. The lowest BCUT2D eigenvalue weighted by atomic mass is 10.1. The number of hydrogen-bond donors (Lipinski definition) is 3. The third-order valence-corrected chi connectivity index (χ3v) is 5.85. The molecule has 0 bridgehead atoms. The minimum atomic E-state index is -0.257. The number of benzene rings is 2. The van der Waals surface area contributed by atoms with Gasteiger partial charge in [-0.25, -0.2) is 4.79 Å².